The van der Waals surface area contributed by atoms with Gasteiger partial charge in [0, 0.05) is 4.47 Å². The third-order valence-electron chi connectivity index (χ3n) is 2.00. The molecule has 0 saturated heterocycles. The van der Waals surface area contributed by atoms with Crippen molar-refractivity contribution in [1.82, 2.24) is 5.32 Å². The number of rotatable bonds is 4. The van der Waals surface area contributed by atoms with Gasteiger partial charge in [-0.1, -0.05) is 6.07 Å². The Labute approximate surface area is 107 Å². The van der Waals surface area contributed by atoms with Crippen molar-refractivity contribution in [2.24, 2.45) is 0 Å². The topological polar surface area (TPSA) is 81.4 Å². The quantitative estimate of drug-likeness (QED) is 0.649. The normalized spacial score (nSPS) is 9.76. The first kappa shape index (κ1) is 13.5. The number of anilines is 1. The molecule has 5 nitrogen and oxygen atoms in total. The SMILES string of the molecule is CCOC(=O)CNC(=O)c1cccc(Br)c1N. The van der Waals surface area contributed by atoms with E-state index in [-0.39, 0.29) is 13.2 Å². The highest BCUT2D eigenvalue weighted by atomic mass is 79.9. The lowest BCUT2D eigenvalue weighted by atomic mass is 10.1. The van der Waals surface area contributed by atoms with Crippen molar-refractivity contribution in [3.8, 4) is 0 Å². The summed E-state index contributed by atoms with van der Waals surface area (Å²) in [6.45, 7) is 1.82. The minimum Gasteiger partial charge on any atom is -0.465 e. The lowest BCUT2D eigenvalue weighted by Crippen LogP contribution is -2.31. The Balaban J connectivity index is 2.64. The number of ether oxygens (including phenoxy) is 1. The van der Waals surface area contributed by atoms with E-state index < -0.39 is 11.9 Å². The van der Waals surface area contributed by atoms with Gasteiger partial charge in [-0.25, -0.2) is 0 Å². The Morgan fingerprint density at radius 2 is 2.18 bits per heavy atom. The minimum atomic E-state index is -0.477. The molecule has 0 fully saturated rings. The van der Waals surface area contributed by atoms with Gasteiger partial charge in [0.05, 0.1) is 17.9 Å². The molecule has 0 aliphatic heterocycles. The van der Waals surface area contributed by atoms with Crippen LogP contribution in [0.1, 0.15) is 17.3 Å². The van der Waals surface area contributed by atoms with Gasteiger partial charge >= 0.3 is 5.97 Å². The van der Waals surface area contributed by atoms with Gasteiger partial charge in [0.15, 0.2) is 0 Å². The molecular formula is C11H13BrN2O3. The Bertz CT molecular complexity index is 435. The van der Waals surface area contributed by atoms with Gasteiger partial charge in [0.2, 0.25) is 0 Å². The molecular weight excluding hydrogens is 288 g/mol. The number of nitrogen functional groups attached to an aromatic ring is 1. The first-order valence-corrected chi connectivity index (χ1v) is 5.83. The summed E-state index contributed by atoms with van der Waals surface area (Å²) < 4.78 is 5.33. The van der Waals surface area contributed by atoms with E-state index in [1.807, 2.05) is 0 Å². The van der Waals surface area contributed by atoms with E-state index in [1.54, 1.807) is 25.1 Å². The van der Waals surface area contributed by atoms with Crippen LogP contribution in [0, 0.1) is 0 Å². The summed E-state index contributed by atoms with van der Waals surface area (Å²) in [6, 6.07) is 5.01. The number of nitrogens with one attached hydrogen (secondary N) is 1. The highest BCUT2D eigenvalue weighted by molar-refractivity contribution is 9.10. The van der Waals surface area contributed by atoms with Crippen LogP contribution in [0.25, 0.3) is 0 Å². The van der Waals surface area contributed by atoms with Crippen LogP contribution in [0.2, 0.25) is 0 Å². The highest BCUT2D eigenvalue weighted by Crippen LogP contribution is 2.22. The molecule has 1 aromatic rings. The van der Waals surface area contributed by atoms with Crippen LogP contribution in [0.3, 0.4) is 0 Å². The van der Waals surface area contributed by atoms with E-state index in [0.717, 1.165) is 0 Å². The smallest absolute Gasteiger partial charge is 0.325 e. The second-order valence-corrected chi connectivity index (χ2v) is 4.04. The van der Waals surface area contributed by atoms with Crippen LogP contribution >= 0.6 is 15.9 Å². The minimum absolute atomic E-state index is 0.168. The maximum Gasteiger partial charge on any atom is 0.325 e. The van der Waals surface area contributed by atoms with Crippen LogP contribution in [0.15, 0.2) is 22.7 Å². The molecule has 0 unspecified atom stereocenters. The zero-order valence-corrected chi connectivity index (χ0v) is 10.9. The Hall–Kier alpha value is -1.56. The van der Waals surface area contributed by atoms with Crippen LogP contribution in [-0.4, -0.2) is 25.0 Å². The number of carbonyl (C=O) groups excluding carboxylic acids is 2. The number of hydrogen-bond acceptors (Lipinski definition) is 4. The molecule has 0 aliphatic carbocycles. The van der Waals surface area contributed by atoms with Gasteiger partial charge in [-0.15, -0.1) is 0 Å². The number of hydrogen-bond donors (Lipinski definition) is 2. The summed E-state index contributed by atoms with van der Waals surface area (Å²) >= 11 is 3.22. The molecule has 0 radical (unpaired) electrons. The van der Waals surface area contributed by atoms with Crippen molar-refractivity contribution in [2.45, 2.75) is 6.92 Å². The van der Waals surface area contributed by atoms with E-state index in [1.165, 1.54) is 0 Å². The summed E-state index contributed by atoms with van der Waals surface area (Å²) in [4.78, 5) is 22.8. The van der Waals surface area contributed by atoms with Crippen molar-refractivity contribution in [3.63, 3.8) is 0 Å². The fraction of sp³-hybridized carbons (Fsp3) is 0.273. The fourth-order valence-corrected chi connectivity index (χ4v) is 1.56. The van der Waals surface area contributed by atoms with Gasteiger partial charge < -0.3 is 15.8 Å². The number of amides is 1. The van der Waals surface area contributed by atoms with Crippen LogP contribution in [-0.2, 0) is 9.53 Å². The predicted molar refractivity (Wildman–Crippen MR) is 67.5 cm³/mol. The van der Waals surface area contributed by atoms with E-state index >= 15 is 0 Å². The van der Waals surface area contributed by atoms with Crippen LogP contribution < -0.4 is 11.1 Å². The van der Waals surface area contributed by atoms with E-state index in [2.05, 4.69) is 26.0 Å². The van der Waals surface area contributed by atoms with Crippen molar-refractivity contribution in [1.29, 1.82) is 0 Å². The molecule has 1 rings (SSSR count). The molecule has 0 saturated carbocycles. The Morgan fingerprint density at radius 1 is 1.47 bits per heavy atom. The van der Waals surface area contributed by atoms with Crippen LogP contribution in [0.4, 0.5) is 5.69 Å². The first-order chi connectivity index (χ1) is 8.06. The molecule has 0 aliphatic rings. The standard InChI is InChI=1S/C11H13BrN2O3/c1-2-17-9(15)6-14-11(16)7-4-3-5-8(12)10(7)13/h3-5H,2,6,13H2,1H3,(H,14,16). The average Bonchev–Trinajstić information content (AvgIpc) is 2.30. The van der Waals surface area contributed by atoms with Crippen molar-refractivity contribution in [3.05, 3.63) is 28.2 Å². The summed E-state index contributed by atoms with van der Waals surface area (Å²) in [5, 5.41) is 2.44. The van der Waals surface area contributed by atoms with Gasteiger partial charge in [-0.05, 0) is 35.0 Å². The average molecular weight is 301 g/mol. The predicted octanol–water partition coefficient (Wildman–Crippen LogP) is 1.32. The molecule has 92 valence electrons. The lowest BCUT2D eigenvalue weighted by Gasteiger charge is -2.08. The summed E-state index contributed by atoms with van der Waals surface area (Å²) in [5.74, 6) is -0.883. The second kappa shape index (κ2) is 6.24. The molecule has 1 amide bonds. The molecule has 3 N–H and O–H groups in total. The van der Waals surface area contributed by atoms with Crippen molar-refractivity contribution >= 4 is 33.5 Å². The molecule has 1 aromatic carbocycles. The zero-order chi connectivity index (χ0) is 12.8. The van der Waals surface area contributed by atoms with Gasteiger partial charge in [0.1, 0.15) is 6.54 Å². The molecule has 0 aromatic heterocycles. The van der Waals surface area contributed by atoms with Crippen LogP contribution in [0.5, 0.6) is 0 Å². The number of benzene rings is 1. The largest absolute Gasteiger partial charge is 0.465 e. The summed E-state index contributed by atoms with van der Waals surface area (Å²) in [6.07, 6.45) is 0. The van der Waals surface area contributed by atoms with Crippen molar-refractivity contribution in [2.75, 3.05) is 18.9 Å². The molecule has 0 spiro atoms. The summed E-state index contributed by atoms with van der Waals surface area (Å²) in [5.41, 5.74) is 6.39. The Kier molecular flexibility index (Phi) is 4.96. The number of esters is 1. The molecule has 0 atom stereocenters. The third kappa shape index (κ3) is 3.74. The van der Waals surface area contributed by atoms with E-state index in [0.29, 0.717) is 15.7 Å². The summed E-state index contributed by atoms with van der Waals surface area (Å²) in [7, 11) is 0. The van der Waals surface area contributed by atoms with Crippen molar-refractivity contribution < 1.29 is 14.3 Å². The maximum absolute atomic E-state index is 11.7. The van der Waals surface area contributed by atoms with Gasteiger partial charge in [-0.3, -0.25) is 9.59 Å². The van der Waals surface area contributed by atoms with Gasteiger partial charge in [0.25, 0.3) is 5.91 Å². The number of halogens is 1. The molecule has 0 bridgehead atoms. The molecule has 17 heavy (non-hydrogen) atoms. The highest BCUT2D eigenvalue weighted by Gasteiger charge is 2.12. The zero-order valence-electron chi connectivity index (χ0n) is 9.33. The molecule has 0 heterocycles. The second-order valence-electron chi connectivity index (χ2n) is 3.19. The fourth-order valence-electron chi connectivity index (χ4n) is 1.19. The number of para-hydroxylation sites is 1. The lowest BCUT2D eigenvalue weighted by molar-refractivity contribution is -0.141. The number of carbonyl (C=O) groups is 2. The third-order valence-corrected chi connectivity index (χ3v) is 2.69. The maximum atomic E-state index is 11.7. The van der Waals surface area contributed by atoms with E-state index in [4.69, 9.17) is 5.73 Å². The monoisotopic (exact) mass is 300 g/mol. The molecule has 6 heteroatoms. The van der Waals surface area contributed by atoms with E-state index in [9.17, 15) is 9.59 Å². The first-order valence-electron chi connectivity index (χ1n) is 5.04. The Morgan fingerprint density at radius 3 is 2.82 bits per heavy atom. The number of nitrogens with two attached hydrogens (primary N) is 1. The van der Waals surface area contributed by atoms with Gasteiger partial charge in [-0.2, -0.15) is 0 Å².